The Morgan fingerprint density at radius 2 is 1.74 bits per heavy atom. The Morgan fingerprint density at radius 3 is 2.48 bits per heavy atom. The summed E-state index contributed by atoms with van der Waals surface area (Å²) < 4.78 is 0. The van der Waals surface area contributed by atoms with Gasteiger partial charge in [-0.15, -0.1) is 11.3 Å². The number of imide groups is 1. The van der Waals surface area contributed by atoms with Gasteiger partial charge >= 0.3 is 0 Å². The molecule has 2 fully saturated rings. The molecule has 0 aliphatic carbocycles. The van der Waals surface area contributed by atoms with Crippen LogP contribution in [0.25, 0.3) is 10.4 Å². The lowest BCUT2D eigenvalue weighted by atomic mass is 9.96. The Kier molecular flexibility index (Phi) is 3.33. The number of thiophene rings is 1. The highest BCUT2D eigenvalue weighted by Gasteiger charge is 2.58. The van der Waals surface area contributed by atoms with Gasteiger partial charge in [-0.05, 0) is 17.7 Å². The number of amides is 2. The van der Waals surface area contributed by atoms with Gasteiger partial charge in [-0.2, -0.15) is 5.06 Å². The molecule has 0 saturated carbocycles. The van der Waals surface area contributed by atoms with Gasteiger partial charge in [-0.1, -0.05) is 30.3 Å². The molecule has 2 aromatic rings. The van der Waals surface area contributed by atoms with Gasteiger partial charge < -0.3 is 0 Å². The van der Waals surface area contributed by atoms with Crippen LogP contribution >= 0.6 is 11.3 Å². The third-order valence-electron chi connectivity index (χ3n) is 4.50. The van der Waals surface area contributed by atoms with Crippen LogP contribution in [0.3, 0.4) is 0 Å². The summed E-state index contributed by atoms with van der Waals surface area (Å²) in [5.41, 5.74) is 1.15. The van der Waals surface area contributed by atoms with Crippen molar-refractivity contribution in [2.45, 2.75) is 12.1 Å². The maximum Gasteiger partial charge on any atom is 0.261 e. The number of rotatable bonds is 2. The maximum absolute atomic E-state index is 12.4. The van der Waals surface area contributed by atoms with E-state index in [0.717, 1.165) is 15.3 Å². The molecule has 2 aliphatic heterocycles. The fraction of sp³-hybridized carbons (Fsp3) is 0.294. The molecule has 0 radical (unpaired) electrons. The Bertz CT molecular complexity index is 773. The van der Waals surface area contributed by atoms with Crippen LogP contribution in [0.2, 0.25) is 0 Å². The van der Waals surface area contributed by atoms with Crippen LogP contribution in [0.5, 0.6) is 0 Å². The second kappa shape index (κ2) is 5.26. The van der Waals surface area contributed by atoms with E-state index in [9.17, 15) is 9.59 Å². The zero-order valence-electron chi connectivity index (χ0n) is 12.8. The number of likely N-dealkylation sites (N-methyl/N-ethyl adjacent to an activating group) is 1. The summed E-state index contributed by atoms with van der Waals surface area (Å²) in [6.07, 6.45) is -0.690. The lowest BCUT2D eigenvalue weighted by Crippen LogP contribution is -2.33. The van der Waals surface area contributed by atoms with Crippen molar-refractivity contribution < 1.29 is 14.4 Å². The Labute approximate surface area is 138 Å². The Balaban J connectivity index is 1.69. The van der Waals surface area contributed by atoms with E-state index in [-0.39, 0.29) is 17.9 Å². The molecule has 118 valence electrons. The van der Waals surface area contributed by atoms with Crippen LogP contribution in [0.4, 0.5) is 0 Å². The molecule has 5 nitrogen and oxygen atoms in total. The van der Waals surface area contributed by atoms with E-state index in [1.807, 2.05) is 24.3 Å². The molecule has 3 heterocycles. The van der Waals surface area contributed by atoms with Crippen LogP contribution in [-0.2, 0) is 14.4 Å². The van der Waals surface area contributed by atoms with Crippen molar-refractivity contribution in [2.24, 2.45) is 5.92 Å². The molecule has 2 saturated heterocycles. The minimum Gasteiger partial charge on any atom is -0.284 e. The Morgan fingerprint density at radius 1 is 1.00 bits per heavy atom. The molecule has 6 heteroatoms. The van der Waals surface area contributed by atoms with E-state index in [4.69, 9.17) is 4.84 Å². The number of hydrogen-bond donors (Lipinski definition) is 0. The molecule has 2 aliphatic rings. The van der Waals surface area contributed by atoms with Gasteiger partial charge in [0.15, 0.2) is 6.10 Å². The highest BCUT2D eigenvalue weighted by Crippen LogP contribution is 2.46. The first-order chi connectivity index (χ1) is 11.1. The van der Waals surface area contributed by atoms with Gasteiger partial charge in [0.1, 0.15) is 0 Å². The van der Waals surface area contributed by atoms with Crippen molar-refractivity contribution >= 4 is 23.2 Å². The second-order valence-electron chi connectivity index (χ2n) is 5.85. The number of hydrogen-bond acceptors (Lipinski definition) is 5. The molecule has 0 spiro atoms. The van der Waals surface area contributed by atoms with Gasteiger partial charge in [0, 0.05) is 23.8 Å². The van der Waals surface area contributed by atoms with Gasteiger partial charge in [-0.25, -0.2) is 0 Å². The van der Waals surface area contributed by atoms with Crippen molar-refractivity contribution in [2.75, 3.05) is 14.1 Å². The highest BCUT2D eigenvalue weighted by atomic mass is 32.1. The standard InChI is InChI=1S/C17H16N2O3S/c1-18-16(20)13-14(19(2)22-15(13)17(18)21)12-9-8-11(23-12)10-6-4-3-5-7-10/h3-9,13-15H,1-2H3/t13-,14+,15+/m1/s1. The van der Waals surface area contributed by atoms with Crippen molar-refractivity contribution in [3.63, 3.8) is 0 Å². The molecule has 4 rings (SSSR count). The lowest BCUT2D eigenvalue weighted by molar-refractivity contribution is -0.168. The number of nitrogens with zero attached hydrogens (tertiary/aromatic N) is 2. The molecule has 23 heavy (non-hydrogen) atoms. The summed E-state index contributed by atoms with van der Waals surface area (Å²) in [6, 6.07) is 14.0. The number of benzene rings is 1. The van der Waals surface area contributed by atoms with Crippen LogP contribution in [0.1, 0.15) is 10.9 Å². The van der Waals surface area contributed by atoms with E-state index >= 15 is 0 Å². The van der Waals surface area contributed by atoms with E-state index in [1.165, 1.54) is 11.9 Å². The van der Waals surface area contributed by atoms with Crippen molar-refractivity contribution in [3.05, 3.63) is 47.3 Å². The quantitative estimate of drug-likeness (QED) is 0.794. The molecule has 0 unspecified atom stereocenters. The average Bonchev–Trinajstić information content (AvgIpc) is 3.22. The van der Waals surface area contributed by atoms with Gasteiger partial charge in [0.05, 0.1) is 12.0 Å². The molecule has 3 atom stereocenters. The smallest absolute Gasteiger partial charge is 0.261 e. The Hall–Kier alpha value is -2.02. The molecule has 0 bridgehead atoms. The first kappa shape index (κ1) is 14.6. The minimum atomic E-state index is -0.690. The number of hydroxylamine groups is 2. The van der Waals surface area contributed by atoms with E-state index < -0.39 is 12.0 Å². The first-order valence-corrected chi connectivity index (χ1v) is 8.26. The molecule has 1 aromatic heterocycles. The predicted octanol–water partition coefficient (Wildman–Crippen LogP) is 2.32. The monoisotopic (exact) mass is 328 g/mol. The topological polar surface area (TPSA) is 49.9 Å². The molecular formula is C17H16N2O3S. The van der Waals surface area contributed by atoms with E-state index in [2.05, 4.69) is 18.2 Å². The van der Waals surface area contributed by atoms with Crippen LogP contribution in [0, 0.1) is 5.92 Å². The summed E-state index contributed by atoms with van der Waals surface area (Å²) in [5.74, 6) is -0.877. The van der Waals surface area contributed by atoms with Crippen LogP contribution in [-0.4, -0.2) is 42.0 Å². The molecular weight excluding hydrogens is 312 g/mol. The third kappa shape index (κ3) is 2.14. The number of carbonyl (C=O) groups is 2. The zero-order chi connectivity index (χ0) is 16.1. The SMILES string of the molecule is CN1C(=O)[C@H]2[C@H](ON(C)[C@H]2c2ccc(-c3ccccc3)s2)C1=O. The van der Waals surface area contributed by atoms with Crippen molar-refractivity contribution in [1.82, 2.24) is 9.96 Å². The fourth-order valence-electron chi connectivity index (χ4n) is 3.31. The van der Waals surface area contributed by atoms with Gasteiger partial charge in [0.2, 0.25) is 5.91 Å². The number of fused-ring (bicyclic) bond motifs is 1. The van der Waals surface area contributed by atoms with Crippen LogP contribution in [0.15, 0.2) is 42.5 Å². The second-order valence-corrected chi connectivity index (χ2v) is 6.96. The third-order valence-corrected chi connectivity index (χ3v) is 5.71. The van der Waals surface area contributed by atoms with Crippen molar-refractivity contribution in [3.8, 4) is 10.4 Å². The number of likely N-dealkylation sites (tertiary alicyclic amines) is 1. The van der Waals surface area contributed by atoms with Crippen LogP contribution < -0.4 is 0 Å². The normalized spacial score (nSPS) is 27.7. The maximum atomic E-state index is 12.4. The largest absolute Gasteiger partial charge is 0.284 e. The average molecular weight is 328 g/mol. The minimum absolute atomic E-state index is 0.163. The zero-order valence-corrected chi connectivity index (χ0v) is 13.6. The summed E-state index contributed by atoms with van der Waals surface area (Å²) >= 11 is 1.64. The van der Waals surface area contributed by atoms with E-state index in [0.29, 0.717) is 0 Å². The first-order valence-electron chi connectivity index (χ1n) is 7.44. The summed E-state index contributed by atoms with van der Waals surface area (Å²) in [6.45, 7) is 0. The molecule has 1 aromatic carbocycles. The number of carbonyl (C=O) groups excluding carboxylic acids is 2. The lowest BCUT2D eigenvalue weighted by Gasteiger charge is -2.21. The summed E-state index contributed by atoms with van der Waals surface area (Å²) in [4.78, 5) is 33.5. The molecule has 2 amide bonds. The fourth-order valence-corrected chi connectivity index (χ4v) is 4.51. The summed E-state index contributed by atoms with van der Waals surface area (Å²) in [5, 5.41) is 1.65. The van der Waals surface area contributed by atoms with Gasteiger partial charge in [-0.3, -0.25) is 19.3 Å². The van der Waals surface area contributed by atoms with Gasteiger partial charge in [0.25, 0.3) is 5.91 Å². The highest BCUT2D eigenvalue weighted by molar-refractivity contribution is 7.15. The molecule has 0 N–H and O–H groups in total. The predicted molar refractivity (Wildman–Crippen MR) is 86.4 cm³/mol. The summed E-state index contributed by atoms with van der Waals surface area (Å²) in [7, 11) is 3.30. The van der Waals surface area contributed by atoms with E-state index in [1.54, 1.807) is 23.4 Å². The van der Waals surface area contributed by atoms with Crippen molar-refractivity contribution in [1.29, 1.82) is 0 Å².